The third-order valence-electron chi connectivity index (χ3n) is 4.83. The molecule has 2 amide bonds. The van der Waals surface area contributed by atoms with Crippen molar-refractivity contribution in [1.29, 1.82) is 0 Å². The summed E-state index contributed by atoms with van der Waals surface area (Å²) < 4.78 is 1.89. The van der Waals surface area contributed by atoms with Crippen molar-refractivity contribution in [3.05, 3.63) is 65.5 Å². The molecular weight excluding hydrogens is 398 g/mol. The predicted molar refractivity (Wildman–Crippen MR) is 117 cm³/mol. The topological polar surface area (TPSA) is 88.9 Å². The van der Waals surface area contributed by atoms with Crippen LogP contribution in [0.5, 0.6) is 0 Å². The number of nitrogens with zero attached hydrogens (tertiary/aromatic N) is 3. The molecule has 30 heavy (non-hydrogen) atoms. The van der Waals surface area contributed by atoms with Crippen molar-refractivity contribution in [2.75, 3.05) is 11.1 Å². The number of rotatable bonds is 7. The molecular formula is C22H23N5O2S. The molecule has 2 N–H and O–H groups in total. The van der Waals surface area contributed by atoms with E-state index in [2.05, 4.69) is 39.0 Å². The van der Waals surface area contributed by atoms with Crippen LogP contribution in [0, 0.1) is 13.8 Å². The Hall–Kier alpha value is -3.13. The third-order valence-corrected chi connectivity index (χ3v) is 5.77. The number of aromatic nitrogens is 3. The van der Waals surface area contributed by atoms with E-state index >= 15 is 0 Å². The molecule has 1 heterocycles. The van der Waals surface area contributed by atoms with E-state index in [4.69, 9.17) is 0 Å². The molecule has 0 atom stereocenters. The predicted octanol–water partition coefficient (Wildman–Crippen LogP) is 3.51. The van der Waals surface area contributed by atoms with E-state index in [1.54, 1.807) is 30.6 Å². The first-order chi connectivity index (χ1) is 14.5. The first kappa shape index (κ1) is 20.2. The number of hydrogen-bond acceptors (Lipinski definition) is 5. The van der Waals surface area contributed by atoms with Gasteiger partial charge in [-0.15, -0.1) is 10.2 Å². The zero-order valence-corrected chi connectivity index (χ0v) is 17.7. The van der Waals surface area contributed by atoms with Gasteiger partial charge < -0.3 is 10.6 Å². The minimum Gasteiger partial charge on any atom is -0.349 e. The fourth-order valence-electron chi connectivity index (χ4n) is 3.06. The van der Waals surface area contributed by atoms with E-state index in [-0.39, 0.29) is 23.6 Å². The molecule has 0 bridgehead atoms. The normalized spacial score (nSPS) is 13.1. The highest BCUT2D eigenvalue weighted by Crippen LogP contribution is 2.24. The number of thioether (sulfide) groups is 1. The Morgan fingerprint density at radius 3 is 2.77 bits per heavy atom. The minimum atomic E-state index is -0.206. The monoisotopic (exact) mass is 421 g/mol. The summed E-state index contributed by atoms with van der Waals surface area (Å²) in [5, 5.41) is 14.6. The van der Waals surface area contributed by atoms with Gasteiger partial charge in [0.05, 0.1) is 22.7 Å². The smallest absolute Gasteiger partial charge is 0.253 e. The molecule has 0 unspecified atom stereocenters. The molecule has 0 aliphatic heterocycles. The van der Waals surface area contributed by atoms with Gasteiger partial charge in [0.25, 0.3) is 5.91 Å². The van der Waals surface area contributed by atoms with Gasteiger partial charge in [-0.25, -0.2) is 0 Å². The molecule has 4 rings (SSSR count). The molecule has 154 valence electrons. The quantitative estimate of drug-likeness (QED) is 0.570. The number of carbonyl (C=O) groups is 2. The van der Waals surface area contributed by atoms with Crippen molar-refractivity contribution >= 4 is 29.3 Å². The van der Waals surface area contributed by atoms with Gasteiger partial charge in [0.1, 0.15) is 6.33 Å². The van der Waals surface area contributed by atoms with E-state index in [1.165, 1.54) is 11.8 Å². The van der Waals surface area contributed by atoms with Crippen LogP contribution < -0.4 is 10.6 Å². The van der Waals surface area contributed by atoms with Crippen molar-refractivity contribution in [2.24, 2.45) is 0 Å². The Morgan fingerprint density at radius 2 is 1.97 bits per heavy atom. The maximum absolute atomic E-state index is 12.6. The Bertz CT molecular complexity index is 1090. The van der Waals surface area contributed by atoms with E-state index < -0.39 is 0 Å². The van der Waals surface area contributed by atoms with E-state index in [0.717, 1.165) is 29.7 Å². The van der Waals surface area contributed by atoms with Gasteiger partial charge in [-0.3, -0.25) is 14.2 Å². The second kappa shape index (κ2) is 8.71. The van der Waals surface area contributed by atoms with Gasteiger partial charge in [-0.1, -0.05) is 36.0 Å². The van der Waals surface area contributed by atoms with Crippen LogP contribution in [0.15, 0.2) is 53.9 Å². The highest BCUT2D eigenvalue weighted by molar-refractivity contribution is 7.99. The third kappa shape index (κ3) is 4.71. The Kier molecular flexibility index (Phi) is 5.85. The Morgan fingerprint density at radius 1 is 1.17 bits per heavy atom. The lowest BCUT2D eigenvalue weighted by molar-refractivity contribution is -0.113. The van der Waals surface area contributed by atoms with Crippen LogP contribution >= 0.6 is 11.8 Å². The van der Waals surface area contributed by atoms with Crippen LogP contribution in [-0.4, -0.2) is 38.4 Å². The van der Waals surface area contributed by atoms with Crippen molar-refractivity contribution in [3.63, 3.8) is 0 Å². The first-order valence-corrected chi connectivity index (χ1v) is 10.8. The zero-order valence-electron chi connectivity index (χ0n) is 16.9. The Labute approximate surface area is 179 Å². The molecule has 8 heteroatoms. The van der Waals surface area contributed by atoms with Crippen molar-refractivity contribution in [2.45, 2.75) is 37.9 Å². The molecule has 1 aliphatic carbocycles. The van der Waals surface area contributed by atoms with E-state index in [0.29, 0.717) is 16.4 Å². The fraction of sp³-hybridized carbons (Fsp3) is 0.273. The summed E-state index contributed by atoms with van der Waals surface area (Å²) in [5.74, 6) is -0.208. The summed E-state index contributed by atoms with van der Waals surface area (Å²) in [4.78, 5) is 25.0. The van der Waals surface area contributed by atoms with Crippen LogP contribution in [0.2, 0.25) is 0 Å². The standard InChI is InChI=1S/C22H23N5O2S/c1-14-7-8-15(2)19(11-14)27-13-23-26-22(27)30-12-20(28)25-18-6-4-3-5-17(18)21(29)24-16-9-10-16/h3-8,11,13,16H,9-10,12H2,1-2H3,(H,24,29)(H,25,28). The summed E-state index contributed by atoms with van der Waals surface area (Å²) >= 11 is 1.30. The summed E-state index contributed by atoms with van der Waals surface area (Å²) in [7, 11) is 0. The van der Waals surface area contributed by atoms with Crippen molar-refractivity contribution < 1.29 is 9.59 Å². The van der Waals surface area contributed by atoms with Crippen LogP contribution in [0.3, 0.4) is 0 Å². The van der Waals surface area contributed by atoms with Gasteiger partial charge in [0, 0.05) is 6.04 Å². The van der Waals surface area contributed by atoms with Crippen LogP contribution in [0.25, 0.3) is 5.69 Å². The first-order valence-electron chi connectivity index (χ1n) is 9.81. The maximum atomic E-state index is 12.6. The second-order valence-electron chi connectivity index (χ2n) is 7.40. The Balaban J connectivity index is 1.43. The van der Waals surface area contributed by atoms with Gasteiger partial charge in [0.2, 0.25) is 5.91 Å². The lowest BCUT2D eigenvalue weighted by Gasteiger charge is -2.12. The molecule has 3 aromatic rings. The lowest BCUT2D eigenvalue weighted by Crippen LogP contribution is -2.27. The average Bonchev–Trinajstić information content (AvgIpc) is 3.42. The number of hydrogen-bond donors (Lipinski definition) is 2. The molecule has 2 aromatic carbocycles. The highest BCUT2D eigenvalue weighted by atomic mass is 32.2. The van der Waals surface area contributed by atoms with Crippen molar-refractivity contribution in [1.82, 2.24) is 20.1 Å². The number of benzene rings is 2. The van der Waals surface area contributed by atoms with Crippen LogP contribution in [-0.2, 0) is 4.79 Å². The number of anilines is 1. The number of aryl methyl sites for hydroxylation is 2. The molecule has 0 saturated heterocycles. The van der Waals surface area contributed by atoms with Gasteiger partial charge in [-0.2, -0.15) is 0 Å². The van der Waals surface area contributed by atoms with E-state index in [1.807, 2.05) is 18.4 Å². The minimum absolute atomic E-state index is 0.155. The summed E-state index contributed by atoms with van der Waals surface area (Å²) in [6, 6.07) is 13.5. The lowest BCUT2D eigenvalue weighted by atomic mass is 10.1. The molecule has 0 spiro atoms. The fourth-order valence-corrected chi connectivity index (χ4v) is 3.79. The number of para-hydroxylation sites is 1. The molecule has 1 saturated carbocycles. The SMILES string of the molecule is Cc1ccc(C)c(-n2cnnc2SCC(=O)Nc2ccccc2C(=O)NC2CC2)c1. The number of nitrogens with one attached hydrogen (secondary N) is 2. The summed E-state index contributed by atoms with van der Waals surface area (Å²) in [5.41, 5.74) is 4.21. The summed E-state index contributed by atoms with van der Waals surface area (Å²) in [6.45, 7) is 4.06. The molecule has 0 radical (unpaired) electrons. The van der Waals surface area contributed by atoms with Gasteiger partial charge in [-0.05, 0) is 56.0 Å². The molecule has 1 aliphatic rings. The molecule has 1 aromatic heterocycles. The zero-order chi connectivity index (χ0) is 21.1. The largest absolute Gasteiger partial charge is 0.349 e. The van der Waals surface area contributed by atoms with Gasteiger partial charge >= 0.3 is 0 Å². The van der Waals surface area contributed by atoms with Crippen LogP contribution in [0.1, 0.15) is 34.3 Å². The van der Waals surface area contributed by atoms with Crippen LogP contribution in [0.4, 0.5) is 5.69 Å². The maximum Gasteiger partial charge on any atom is 0.253 e. The number of carbonyl (C=O) groups excluding carboxylic acids is 2. The highest BCUT2D eigenvalue weighted by Gasteiger charge is 2.25. The van der Waals surface area contributed by atoms with Gasteiger partial charge in [0.15, 0.2) is 5.16 Å². The number of amides is 2. The molecule has 1 fully saturated rings. The van der Waals surface area contributed by atoms with Crippen molar-refractivity contribution in [3.8, 4) is 5.69 Å². The average molecular weight is 422 g/mol. The summed E-state index contributed by atoms with van der Waals surface area (Å²) in [6.07, 6.45) is 3.68. The van der Waals surface area contributed by atoms with E-state index in [9.17, 15) is 9.59 Å². The molecule has 7 nitrogen and oxygen atoms in total. The second-order valence-corrected chi connectivity index (χ2v) is 8.35.